The topological polar surface area (TPSA) is 56.9 Å². The van der Waals surface area contributed by atoms with Crippen LogP contribution in [0.15, 0.2) is 49.1 Å². The van der Waals surface area contributed by atoms with Crippen LogP contribution in [0.3, 0.4) is 0 Å². The number of ether oxygens (including phenoxy) is 1. The second-order valence-electron chi connectivity index (χ2n) is 6.24. The van der Waals surface area contributed by atoms with Crippen molar-refractivity contribution in [3.63, 3.8) is 0 Å². The van der Waals surface area contributed by atoms with Crippen molar-refractivity contribution < 1.29 is 9.13 Å². The van der Waals surface area contributed by atoms with E-state index >= 15 is 0 Å². The lowest BCUT2D eigenvalue weighted by molar-refractivity contribution is 0.0839. The minimum Gasteiger partial charge on any atom is -0.382 e. The van der Waals surface area contributed by atoms with Crippen LogP contribution in [-0.2, 0) is 11.8 Å². The van der Waals surface area contributed by atoms with Crippen LogP contribution in [0.25, 0.3) is 5.69 Å². The maximum atomic E-state index is 13.9. The molecule has 6 nitrogen and oxygen atoms in total. The molecule has 0 amide bonds. The lowest BCUT2D eigenvalue weighted by Crippen LogP contribution is -2.20. The fourth-order valence-electron chi connectivity index (χ4n) is 3.21. The van der Waals surface area contributed by atoms with Gasteiger partial charge in [-0.05, 0) is 18.6 Å². The van der Waals surface area contributed by atoms with Gasteiger partial charge in [-0.3, -0.25) is 0 Å². The molecular weight excluding hydrogens is 321 g/mol. The molecular formula is C18H20FN5O. The summed E-state index contributed by atoms with van der Waals surface area (Å²) in [5, 5.41) is 7.63. The van der Waals surface area contributed by atoms with Gasteiger partial charge in [0.05, 0.1) is 18.1 Å². The Morgan fingerprint density at radius 3 is 3.04 bits per heavy atom. The highest BCUT2D eigenvalue weighted by molar-refractivity contribution is 5.43. The standard InChI is InChI=1S/C18H20FN5O/c1-23-8-7-20-18(23)17-13(6-9-25-17)10-21-14-11-22-24(12-14)16-5-3-2-4-15(16)19/h2-5,7-8,11-13,17,21H,6,9-10H2,1H3/t13-,17+/m0/s1. The molecule has 2 atom stereocenters. The number of nitrogens with zero attached hydrogens (tertiary/aromatic N) is 4. The molecule has 3 heterocycles. The second-order valence-corrected chi connectivity index (χ2v) is 6.24. The van der Waals surface area contributed by atoms with E-state index in [1.807, 2.05) is 17.8 Å². The third kappa shape index (κ3) is 3.15. The van der Waals surface area contributed by atoms with Gasteiger partial charge in [0.1, 0.15) is 23.4 Å². The molecule has 1 aliphatic heterocycles. The predicted molar refractivity (Wildman–Crippen MR) is 92.0 cm³/mol. The fourth-order valence-corrected chi connectivity index (χ4v) is 3.21. The highest BCUT2D eigenvalue weighted by atomic mass is 19.1. The lowest BCUT2D eigenvalue weighted by atomic mass is 10.0. The molecule has 0 spiro atoms. The Morgan fingerprint density at radius 2 is 2.24 bits per heavy atom. The van der Waals surface area contributed by atoms with Crippen molar-refractivity contribution in [3.05, 3.63) is 60.7 Å². The molecule has 3 aromatic rings. The number of imidazole rings is 1. The maximum absolute atomic E-state index is 13.9. The summed E-state index contributed by atoms with van der Waals surface area (Å²) in [6.07, 6.45) is 8.20. The van der Waals surface area contributed by atoms with E-state index in [1.165, 1.54) is 6.07 Å². The Bertz CT molecular complexity index is 859. The smallest absolute Gasteiger partial charge is 0.148 e. The monoisotopic (exact) mass is 341 g/mol. The third-order valence-corrected chi connectivity index (χ3v) is 4.58. The van der Waals surface area contributed by atoms with E-state index in [0.29, 0.717) is 11.6 Å². The van der Waals surface area contributed by atoms with Gasteiger partial charge in [-0.25, -0.2) is 14.1 Å². The number of halogens is 1. The summed E-state index contributed by atoms with van der Waals surface area (Å²) in [4.78, 5) is 4.41. The summed E-state index contributed by atoms with van der Waals surface area (Å²) in [6, 6.07) is 6.59. The van der Waals surface area contributed by atoms with Crippen molar-refractivity contribution >= 4 is 5.69 Å². The second kappa shape index (κ2) is 6.68. The van der Waals surface area contributed by atoms with Gasteiger partial charge >= 0.3 is 0 Å². The Morgan fingerprint density at radius 1 is 1.36 bits per heavy atom. The zero-order valence-corrected chi connectivity index (χ0v) is 14.0. The Kier molecular flexibility index (Phi) is 4.23. The molecule has 0 aliphatic carbocycles. The summed E-state index contributed by atoms with van der Waals surface area (Å²) in [5.41, 5.74) is 1.29. The quantitative estimate of drug-likeness (QED) is 0.775. The Labute approximate surface area is 145 Å². The lowest BCUT2D eigenvalue weighted by Gasteiger charge is -2.18. The molecule has 1 N–H and O–H groups in total. The minimum absolute atomic E-state index is 0.00545. The maximum Gasteiger partial charge on any atom is 0.148 e. The summed E-state index contributed by atoms with van der Waals surface area (Å²) in [5.74, 6) is 0.987. The van der Waals surface area contributed by atoms with Crippen molar-refractivity contribution in [3.8, 4) is 5.69 Å². The van der Waals surface area contributed by atoms with Crippen LogP contribution >= 0.6 is 0 Å². The molecule has 1 aromatic carbocycles. The van der Waals surface area contributed by atoms with Crippen LogP contribution in [0.4, 0.5) is 10.1 Å². The number of anilines is 1. The minimum atomic E-state index is -0.295. The van der Waals surface area contributed by atoms with Crippen molar-refractivity contribution in [1.82, 2.24) is 19.3 Å². The zero-order valence-electron chi connectivity index (χ0n) is 14.0. The van der Waals surface area contributed by atoms with E-state index in [1.54, 1.807) is 41.5 Å². The summed E-state index contributed by atoms with van der Waals surface area (Å²) in [7, 11) is 1.98. The SMILES string of the molecule is Cn1ccnc1[C@@H]1OCC[C@H]1CNc1cnn(-c2ccccc2F)c1. The van der Waals surface area contributed by atoms with Crippen molar-refractivity contribution in [1.29, 1.82) is 0 Å². The van der Waals surface area contributed by atoms with Gasteiger partial charge in [-0.2, -0.15) is 5.10 Å². The van der Waals surface area contributed by atoms with Gasteiger partial charge in [0.15, 0.2) is 0 Å². The van der Waals surface area contributed by atoms with Crippen LogP contribution in [0.5, 0.6) is 0 Å². The van der Waals surface area contributed by atoms with Crippen molar-refractivity contribution in [2.75, 3.05) is 18.5 Å². The van der Waals surface area contributed by atoms with Crippen LogP contribution in [-0.4, -0.2) is 32.5 Å². The molecule has 0 saturated carbocycles. The average molecular weight is 341 g/mol. The van der Waals surface area contributed by atoms with Gasteiger partial charge in [0.25, 0.3) is 0 Å². The van der Waals surface area contributed by atoms with Crippen LogP contribution in [0.2, 0.25) is 0 Å². The molecule has 2 aromatic heterocycles. The van der Waals surface area contributed by atoms with Crippen molar-refractivity contribution in [2.45, 2.75) is 12.5 Å². The molecule has 0 unspecified atom stereocenters. The molecule has 1 saturated heterocycles. The molecule has 1 fully saturated rings. The fraction of sp³-hybridized carbons (Fsp3) is 0.333. The largest absolute Gasteiger partial charge is 0.382 e. The Hall–Kier alpha value is -2.67. The van der Waals surface area contributed by atoms with Crippen LogP contribution < -0.4 is 5.32 Å². The van der Waals surface area contributed by atoms with E-state index in [9.17, 15) is 4.39 Å². The molecule has 0 bridgehead atoms. The first-order valence-corrected chi connectivity index (χ1v) is 8.34. The summed E-state index contributed by atoms with van der Waals surface area (Å²) in [6.45, 7) is 1.48. The van der Waals surface area contributed by atoms with Gasteiger partial charge < -0.3 is 14.6 Å². The normalized spacial score (nSPS) is 20.1. The van der Waals surface area contributed by atoms with E-state index < -0.39 is 0 Å². The number of nitrogens with one attached hydrogen (secondary N) is 1. The Balaban J connectivity index is 1.44. The number of para-hydroxylation sites is 1. The van der Waals surface area contributed by atoms with Gasteiger partial charge in [-0.15, -0.1) is 0 Å². The third-order valence-electron chi connectivity index (χ3n) is 4.58. The zero-order chi connectivity index (χ0) is 17.2. The first-order valence-electron chi connectivity index (χ1n) is 8.34. The number of aryl methyl sites for hydroxylation is 1. The molecule has 130 valence electrons. The first-order chi connectivity index (χ1) is 12.2. The molecule has 4 rings (SSSR count). The summed E-state index contributed by atoms with van der Waals surface area (Å²) >= 11 is 0. The van der Waals surface area contributed by atoms with Crippen molar-refractivity contribution in [2.24, 2.45) is 13.0 Å². The number of hydrogen-bond acceptors (Lipinski definition) is 4. The van der Waals surface area contributed by atoms with E-state index in [2.05, 4.69) is 15.4 Å². The molecule has 7 heteroatoms. The van der Waals surface area contributed by atoms with E-state index in [4.69, 9.17) is 4.74 Å². The number of hydrogen-bond donors (Lipinski definition) is 1. The highest BCUT2D eigenvalue weighted by Gasteiger charge is 2.32. The molecule has 0 radical (unpaired) electrons. The number of aromatic nitrogens is 4. The predicted octanol–water partition coefficient (Wildman–Crippen LogP) is 2.93. The number of benzene rings is 1. The molecule has 1 aliphatic rings. The van der Waals surface area contributed by atoms with Gasteiger partial charge in [-0.1, -0.05) is 12.1 Å². The molecule has 25 heavy (non-hydrogen) atoms. The highest BCUT2D eigenvalue weighted by Crippen LogP contribution is 2.33. The van der Waals surface area contributed by atoms with E-state index in [-0.39, 0.29) is 11.9 Å². The van der Waals surface area contributed by atoms with Crippen LogP contribution in [0, 0.1) is 11.7 Å². The van der Waals surface area contributed by atoms with Gasteiger partial charge in [0, 0.05) is 38.5 Å². The van der Waals surface area contributed by atoms with Crippen LogP contribution in [0.1, 0.15) is 18.3 Å². The van der Waals surface area contributed by atoms with E-state index in [0.717, 1.165) is 31.1 Å². The first kappa shape index (κ1) is 15.8. The number of rotatable bonds is 5. The van der Waals surface area contributed by atoms with Gasteiger partial charge in [0.2, 0.25) is 0 Å². The average Bonchev–Trinajstić information content (AvgIpc) is 3.33. The summed E-state index contributed by atoms with van der Waals surface area (Å²) < 4.78 is 23.3.